The van der Waals surface area contributed by atoms with Crippen molar-refractivity contribution in [2.45, 2.75) is 32.4 Å². The van der Waals surface area contributed by atoms with E-state index in [1.807, 2.05) is 13.8 Å². The van der Waals surface area contributed by atoms with Crippen molar-refractivity contribution in [3.8, 4) is 11.8 Å². The van der Waals surface area contributed by atoms with Crippen molar-refractivity contribution in [2.75, 3.05) is 19.8 Å². The van der Waals surface area contributed by atoms with Crippen LogP contribution in [-0.4, -0.2) is 42.2 Å². The Balaban J connectivity index is 2.11. The van der Waals surface area contributed by atoms with Crippen LogP contribution in [-0.2, 0) is 9.53 Å². The van der Waals surface area contributed by atoms with E-state index in [0.717, 1.165) is 0 Å². The summed E-state index contributed by atoms with van der Waals surface area (Å²) < 4.78 is 11.1. The summed E-state index contributed by atoms with van der Waals surface area (Å²) in [6, 6.07) is 8.99. The van der Waals surface area contributed by atoms with Crippen molar-refractivity contribution in [1.82, 2.24) is 4.90 Å². The molecule has 21 heavy (non-hydrogen) atoms. The van der Waals surface area contributed by atoms with Crippen LogP contribution in [0, 0.1) is 11.3 Å². The molecule has 0 spiro atoms. The molecule has 1 heterocycles. The fraction of sp³-hybridized carbons (Fsp3) is 0.500. The lowest BCUT2D eigenvalue weighted by molar-refractivity contribution is -0.153. The van der Waals surface area contributed by atoms with E-state index in [9.17, 15) is 4.79 Å². The van der Waals surface area contributed by atoms with E-state index in [1.165, 1.54) is 0 Å². The minimum atomic E-state index is -0.642. The van der Waals surface area contributed by atoms with Gasteiger partial charge in [-0.15, -0.1) is 0 Å². The molecule has 1 atom stereocenters. The van der Waals surface area contributed by atoms with Crippen molar-refractivity contribution in [1.29, 1.82) is 5.26 Å². The van der Waals surface area contributed by atoms with E-state index >= 15 is 0 Å². The Morgan fingerprint density at radius 2 is 2.19 bits per heavy atom. The molecule has 0 aromatic heterocycles. The molecule has 5 heteroatoms. The lowest BCUT2D eigenvalue weighted by atomic mass is 10.0. The molecule has 112 valence electrons. The second-order valence-electron chi connectivity index (χ2n) is 5.72. The summed E-state index contributed by atoms with van der Waals surface area (Å²) in [7, 11) is 0. The van der Waals surface area contributed by atoms with Gasteiger partial charge in [0.25, 0.3) is 5.91 Å². The summed E-state index contributed by atoms with van der Waals surface area (Å²) in [6.07, 6.45) is -0.642. The second kappa shape index (κ2) is 6.15. The van der Waals surface area contributed by atoms with Crippen molar-refractivity contribution >= 4 is 5.91 Å². The first-order valence-corrected chi connectivity index (χ1v) is 7.01. The quantitative estimate of drug-likeness (QED) is 0.853. The number of hydrogen-bond acceptors (Lipinski definition) is 4. The number of nitriles is 1. The Labute approximate surface area is 125 Å². The minimum absolute atomic E-state index is 0.0870. The predicted octanol–water partition coefficient (Wildman–Crippen LogP) is 1.96. The van der Waals surface area contributed by atoms with Gasteiger partial charge in [0.05, 0.1) is 24.3 Å². The Kier molecular flexibility index (Phi) is 4.49. The fourth-order valence-corrected chi connectivity index (χ4v) is 2.39. The maximum Gasteiger partial charge on any atom is 0.263 e. The molecule has 1 aromatic rings. The summed E-state index contributed by atoms with van der Waals surface area (Å²) in [5.41, 5.74) is 0.0835. The van der Waals surface area contributed by atoms with Gasteiger partial charge in [0.1, 0.15) is 11.8 Å². The standard InChI is InChI=1S/C16H20N2O3/c1-12(21-14-7-5-4-6-13(14)10-17)15(19)18-8-9-20-11-16(18,2)3/h4-7,12H,8-9,11H2,1-3H3/t12-/m0/s1. The van der Waals surface area contributed by atoms with Gasteiger partial charge < -0.3 is 14.4 Å². The molecule has 1 amide bonds. The summed E-state index contributed by atoms with van der Waals surface area (Å²) in [5.74, 6) is 0.350. The average molecular weight is 288 g/mol. The predicted molar refractivity (Wildman–Crippen MR) is 77.9 cm³/mol. The largest absolute Gasteiger partial charge is 0.480 e. The molecule has 0 N–H and O–H groups in total. The molecule has 2 rings (SSSR count). The number of carbonyl (C=O) groups excluding carboxylic acids is 1. The van der Waals surface area contributed by atoms with Gasteiger partial charge in [0, 0.05) is 6.54 Å². The number of ether oxygens (including phenoxy) is 2. The van der Waals surface area contributed by atoms with Crippen LogP contribution in [0.4, 0.5) is 0 Å². The number of morpholine rings is 1. The lowest BCUT2D eigenvalue weighted by Crippen LogP contribution is -2.58. The zero-order valence-corrected chi connectivity index (χ0v) is 12.6. The summed E-state index contributed by atoms with van der Waals surface area (Å²) >= 11 is 0. The third kappa shape index (κ3) is 3.34. The SMILES string of the molecule is C[C@H](Oc1ccccc1C#N)C(=O)N1CCOCC1(C)C. The van der Waals surface area contributed by atoms with Crippen LogP contribution in [0.15, 0.2) is 24.3 Å². The molecule has 0 bridgehead atoms. The third-order valence-electron chi connectivity index (χ3n) is 3.57. The van der Waals surface area contributed by atoms with Crippen LogP contribution in [0.2, 0.25) is 0 Å². The highest BCUT2D eigenvalue weighted by molar-refractivity contribution is 5.81. The summed E-state index contributed by atoms with van der Waals surface area (Å²) in [4.78, 5) is 14.4. The smallest absolute Gasteiger partial charge is 0.263 e. The number of para-hydroxylation sites is 1. The molecule has 1 aromatic carbocycles. The van der Waals surface area contributed by atoms with Crippen LogP contribution < -0.4 is 4.74 Å². The Morgan fingerprint density at radius 3 is 2.86 bits per heavy atom. The highest BCUT2D eigenvalue weighted by Crippen LogP contribution is 2.23. The Bertz CT molecular complexity index is 563. The molecule has 5 nitrogen and oxygen atoms in total. The van der Waals surface area contributed by atoms with Crippen LogP contribution >= 0.6 is 0 Å². The van der Waals surface area contributed by atoms with E-state index in [1.54, 1.807) is 36.1 Å². The molecule has 0 saturated carbocycles. The van der Waals surface area contributed by atoms with Crippen LogP contribution in [0.3, 0.4) is 0 Å². The first-order valence-electron chi connectivity index (χ1n) is 7.01. The molecule has 1 fully saturated rings. The van der Waals surface area contributed by atoms with Gasteiger partial charge in [-0.2, -0.15) is 5.26 Å². The molecule has 1 aliphatic rings. The molecule has 0 unspecified atom stereocenters. The van der Waals surface area contributed by atoms with Crippen molar-refractivity contribution < 1.29 is 14.3 Å². The number of nitrogens with zero attached hydrogens (tertiary/aromatic N) is 2. The second-order valence-corrected chi connectivity index (χ2v) is 5.72. The molecule has 1 saturated heterocycles. The first-order chi connectivity index (χ1) is 9.95. The topological polar surface area (TPSA) is 62.6 Å². The van der Waals surface area contributed by atoms with E-state index in [4.69, 9.17) is 14.7 Å². The van der Waals surface area contributed by atoms with E-state index in [0.29, 0.717) is 31.1 Å². The minimum Gasteiger partial charge on any atom is -0.480 e. The fourth-order valence-electron chi connectivity index (χ4n) is 2.39. The van der Waals surface area contributed by atoms with E-state index in [-0.39, 0.29) is 11.4 Å². The summed E-state index contributed by atoms with van der Waals surface area (Å²) in [5, 5.41) is 9.06. The molecule has 0 aliphatic carbocycles. The van der Waals surface area contributed by atoms with Crippen molar-refractivity contribution in [2.24, 2.45) is 0 Å². The maximum atomic E-state index is 12.6. The number of hydrogen-bond donors (Lipinski definition) is 0. The zero-order valence-electron chi connectivity index (χ0n) is 12.6. The lowest BCUT2D eigenvalue weighted by Gasteiger charge is -2.43. The number of rotatable bonds is 3. The van der Waals surface area contributed by atoms with Gasteiger partial charge in [-0.3, -0.25) is 4.79 Å². The van der Waals surface area contributed by atoms with Gasteiger partial charge in [-0.25, -0.2) is 0 Å². The van der Waals surface area contributed by atoms with E-state index < -0.39 is 6.10 Å². The molecular weight excluding hydrogens is 268 g/mol. The number of carbonyl (C=O) groups is 1. The molecule has 0 radical (unpaired) electrons. The van der Waals surface area contributed by atoms with Gasteiger partial charge >= 0.3 is 0 Å². The third-order valence-corrected chi connectivity index (χ3v) is 3.57. The van der Waals surface area contributed by atoms with Gasteiger partial charge in [-0.05, 0) is 32.9 Å². The van der Waals surface area contributed by atoms with Crippen molar-refractivity contribution in [3.05, 3.63) is 29.8 Å². The first kappa shape index (κ1) is 15.3. The van der Waals surface area contributed by atoms with Gasteiger partial charge in [-0.1, -0.05) is 12.1 Å². The summed E-state index contributed by atoms with van der Waals surface area (Å²) in [6.45, 7) is 7.26. The number of amides is 1. The zero-order chi connectivity index (χ0) is 15.5. The van der Waals surface area contributed by atoms with Crippen LogP contribution in [0.1, 0.15) is 26.3 Å². The van der Waals surface area contributed by atoms with Crippen molar-refractivity contribution in [3.63, 3.8) is 0 Å². The maximum absolute atomic E-state index is 12.6. The monoisotopic (exact) mass is 288 g/mol. The average Bonchev–Trinajstić information content (AvgIpc) is 2.46. The van der Waals surface area contributed by atoms with Gasteiger partial charge in [0.2, 0.25) is 0 Å². The number of benzene rings is 1. The highest BCUT2D eigenvalue weighted by atomic mass is 16.5. The normalized spacial score (nSPS) is 18.7. The van der Waals surface area contributed by atoms with Gasteiger partial charge in [0.15, 0.2) is 6.10 Å². The molecule has 1 aliphatic heterocycles. The Hall–Kier alpha value is -2.06. The van der Waals surface area contributed by atoms with E-state index in [2.05, 4.69) is 6.07 Å². The Morgan fingerprint density at radius 1 is 1.48 bits per heavy atom. The van der Waals surface area contributed by atoms with Crippen LogP contribution in [0.25, 0.3) is 0 Å². The molecular formula is C16H20N2O3. The van der Waals surface area contributed by atoms with Crippen LogP contribution in [0.5, 0.6) is 5.75 Å². The highest BCUT2D eigenvalue weighted by Gasteiger charge is 2.36.